The third kappa shape index (κ3) is 2.79. The number of nitro groups is 1. The second-order valence-electron chi connectivity index (χ2n) is 2.99. The summed E-state index contributed by atoms with van der Waals surface area (Å²) in [6, 6.07) is 6.04. The van der Waals surface area contributed by atoms with Crippen molar-refractivity contribution in [2.75, 3.05) is 0 Å². The number of nitro benzene ring substituents is 1. The molecule has 1 aromatic carbocycles. The summed E-state index contributed by atoms with van der Waals surface area (Å²) in [5.41, 5.74) is 0.809. The molecule has 0 aliphatic heterocycles. The molecule has 2 rings (SSSR count). The summed E-state index contributed by atoms with van der Waals surface area (Å²) in [5, 5.41) is 12.2. The van der Waals surface area contributed by atoms with Gasteiger partial charge in [-0.3, -0.25) is 0 Å². The fourth-order valence-electron chi connectivity index (χ4n) is 1.19. The van der Waals surface area contributed by atoms with Crippen molar-refractivity contribution < 1.29 is 12.9 Å². The molecule has 1 unspecified atom stereocenters. The molecule has 0 amide bonds. The molecule has 0 N–H and O–H groups in total. The van der Waals surface area contributed by atoms with Crippen molar-refractivity contribution in [3.05, 3.63) is 39.8 Å². The summed E-state index contributed by atoms with van der Waals surface area (Å²) in [7, 11) is 0. The van der Waals surface area contributed by atoms with Crippen molar-refractivity contribution >= 4 is 45.6 Å². The SMILES string of the molecule is O=[N+]([O-])c1ccc(-c2c[s+]c([Se](=O)[O-])s2)cc1. The topological polar surface area (TPSA) is 83.3 Å². The number of benzene rings is 1. The summed E-state index contributed by atoms with van der Waals surface area (Å²) < 4.78 is 22.0. The van der Waals surface area contributed by atoms with Crippen molar-refractivity contribution in [2.24, 2.45) is 0 Å². The molecule has 1 aromatic heterocycles. The van der Waals surface area contributed by atoms with E-state index in [0.717, 1.165) is 10.4 Å². The Kier molecular flexibility index (Phi) is 3.70. The minimum atomic E-state index is -3.10. The molecule has 0 spiro atoms. The monoisotopic (exact) mass is 335 g/mol. The van der Waals surface area contributed by atoms with Crippen molar-refractivity contribution in [1.29, 1.82) is 0 Å². The Bertz CT molecular complexity index is 581. The van der Waals surface area contributed by atoms with Crippen LogP contribution in [0.25, 0.3) is 10.4 Å². The summed E-state index contributed by atoms with van der Waals surface area (Å²) in [6.07, 6.45) is 0. The van der Waals surface area contributed by atoms with E-state index in [9.17, 15) is 18.1 Å². The summed E-state index contributed by atoms with van der Waals surface area (Å²) >= 11 is -0.736. The fourth-order valence-corrected chi connectivity index (χ4v) is 4.84. The van der Waals surface area contributed by atoms with Crippen LogP contribution in [0.15, 0.2) is 29.6 Å². The molecule has 2 aromatic rings. The van der Waals surface area contributed by atoms with E-state index in [1.165, 1.54) is 34.8 Å². The Hall–Kier alpha value is -1.05. The molecule has 88 valence electrons. The molecule has 0 saturated heterocycles. The molecule has 8 heteroatoms. The standard InChI is InChI=1S/C9H5NO4S2Se/c11-10(12)7-3-1-6(2-4-7)8-5-15-9(16-8)17(13)14/h1-5H. The Morgan fingerprint density at radius 2 is 1.94 bits per heavy atom. The first-order valence-corrected chi connectivity index (χ1v) is 8.29. The van der Waals surface area contributed by atoms with Crippen LogP contribution in [0.4, 0.5) is 5.69 Å². The quantitative estimate of drug-likeness (QED) is 0.365. The van der Waals surface area contributed by atoms with E-state index >= 15 is 0 Å². The first kappa shape index (κ1) is 12.4. The van der Waals surface area contributed by atoms with Gasteiger partial charge in [0.15, 0.2) is 0 Å². The molecular formula is C9H5NO4S2Se. The Labute approximate surface area is 109 Å². The van der Waals surface area contributed by atoms with Crippen LogP contribution in [0.5, 0.6) is 0 Å². The van der Waals surface area contributed by atoms with Gasteiger partial charge in [0.1, 0.15) is 0 Å². The minimum absolute atomic E-state index is 0.0215. The number of hydrogen-bond acceptors (Lipinski definition) is 5. The molecule has 1 heterocycles. The normalized spacial score (nSPS) is 12.3. The molecule has 0 radical (unpaired) electrons. The van der Waals surface area contributed by atoms with Gasteiger partial charge in [-0.15, -0.1) is 0 Å². The molecule has 5 nitrogen and oxygen atoms in total. The number of hydrogen-bond donors (Lipinski definition) is 0. The number of rotatable bonds is 3. The van der Waals surface area contributed by atoms with Crippen LogP contribution in [0.2, 0.25) is 0 Å². The molecule has 0 fully saturated rings. The van der Waals surface area contributed by atoms with Gasteiger partial charge in [0.05, 0.1) is 0 Å². The first-order chi connectivity index (χ1) is 8.08. The Balaban J connectivity index is 2.33. The predicted octanol–water partition coefficient (Wildman–Crippen LogP) is 1.15. The van der Waals surface area contributed by atoms with Gasteiger partial charge < -0.3 is 0 Å². The molecular weight excluding hydrogens is 329 g/mol. The van der Waals surface area contributed by atoms with E-state index < -0.39 is 19.1 Å². The van der Waals surface area contributed by atoms with E-state index in [4.69, 9.17) is 0 Å². The summed E-state index contributed by atoms with van der Waals surface area (Å²) in [4.78, 5) is 10.8. The van der Waals surface area contributed by atoms with E-state index in [0.29, 0.717) is 3.09 Å². The molecule has 1 atom stereocenters. The van der Waals surface area contributed by atoms with Crippen molar-refractivity contribution in [3.63, 3.8) is 0 Å². The van der Waals surface area contributed by atoms with Crippen LogP contribution in [-0.2, 0) is 3.83 Å². The van der Waals surface area contributed by atoms with Crippen LogP contribution in [-0.4, -0.2) is 19.1 Å². The van der Waals surface area contributed by atoms with Gasteiger partial charge in [0.2, 0.25) is 0 Å². The van der Waals surface area contributed by atoms with E-state index in [1.807, 2.05) is 0 Å². The maximum absolute atomic E-state index is 10.8. The van der Waals surface area contributed by atoms with Crippen molar-refractivity contribution in [2.45, 2.75) is 0 Å². The molecule has 0 aliphatic rings. The number of non-ortho nitro benzene ring substituents is 1. The molecule has 17 heavy (non-hydrogen) atoms. The van der Waals surface area contributed by atoms with Crippen molar-refractivity contribution in [3.8, 4) is 10.4 Å². The third-order valence-electron chi connectivity index (χ3n) is 1.95. The Morgan fingerprint density at radius 1 is 1.29 bits per heavy atom. The van der Waals surface area contributed by atoms with Gasteiger partial charge in [-0.05, 0) is 0 Å². The number of nitrogens with zero attached hydrogens (tertiary/aromatic N) is 1. The van der Waals surface area contributed by atoms with E-state index in [1.54, 1.807) is 17.5 Å². The average molecular weight is 334 g/mol. The third-order valence-corrected chi connectivity index (χ3v) is 7.04. The zero-order valence-electron chi connectivity index (χ0n) is 8.19. The predicted molar refractivity (Wildman–Crippen MR) is 64.8 cm³/mol. The van der Waals surface area contributed by atoms with Gasteiger partial charge in [-0.2, -0.15) is 0 Å². The van der Waals surface area contributed by atoms with Gasteiger partial charge in [-0.25, -0.2) is 0 Å². The first-order valence-electron chi connectivity index (χ1n) is 4.33. The van der Waals surface area contributed by atoms with E-state index in [-0.39, 0.29) is 5.69 Å². The van der Waals surface area contributed by atoms with Crippen LogP contribution in [0.1, 0.15) is 0 Å². The van der Waals surface area contributed by atoms with Gasteiger partial charge in [-0.1, -0.05) is 0 Å². The van der Waals surface area contributed by atoms with Crippen molar-refractivity contribution in [1.82, 2.24) is 0 Å². The molecule has 0 aliphatic carbocycles. The second kappa shape index (κ2) is 5.07. The van der Waals surface area contributed by atoms with Gasteiger partial charge >= 0.3 is 109 Å². The van der Waals surface area contributed by atoms with E-state index in [2.05, 4.69) is 0 Å². The second-order valence-corrected chi connectivity index (χ2v) is 8.19. The zero-order chi connectivity index (χ0) is 12.4. The summed E-state index contributed by atoms with van der Waals surface area (Å²) in [6.45, 7) is 0. The Morgan fingerprint density at radius 3 is 2.41 bits per heavy atom. The maximum atomic E-state index is 10.8. The van der Waals surface area contributed by atoms with Crippen LogP contribution < -0.4 is 7.28 Å². The van der Waals surface area contributed by atoms with Crippen LogP contribution in [0.3, 0.4) is 0 Å². The van der Waals surface area contributed by atoms with Crippen LogP contribution in [0, 0.1) is 10.1 Å². The average Bonchev–Trinajstić information content (AvgIpc) is 2.78. The van der Waals surface area contributed by atoms with Gasteiger partial charge in [0.25, 0.3) is 0 Å². The zero-order valence-corrected chi connectivity index (χ0v) is 11.5. The van der Waals surface area contributed by atoms with Gasteiger partial charge in [0, 0.05) is 0 Å². The fraction of sp³-hybridized carbons (Fsp3) is 0. The molecule has 0 bridgehead atoms. The molecule has 0 saturated carbocycles. The van der Waals surface area contributed by atoms with Crippen LogP contribution >= 0.6 is 22.7 Å². The summed E-state index contributed by atoms with van der Waals surface area (Å²) in [5.74, 6) is 0.